The SMILES string of the molecule is CC(C)(C)OC(=O)N1CCCN(C2CCN(c3ncccc3N)CC2)C(=O)C1. The molecule has 1 aromatic rings. The van der Waals surface area contributed by atoms with Gasteiger partial charge >= 0.3 is 6.09 Å². The van der Waals surface area contributed by atoms with Crippen LogP contribution in [-0.2, 0) is 9.53 Å². The predicted octanol–water partition coefficient (Wildman–Crippen LogP) is 2.10. The molecule has 0 aromatic carbocycles. The molecule has 154 valence electrons. The summed E-state index contributed by atoms with van der Waals surface area (Å²) in [6.45, 7) is 8.42. The normalized spacial score (nSPS) is 19.5. The van der Waals surface area contributed by atoms with Gasteiger partial charge in [-0.05, 0) is 52.2 Å². The van der Waals surface area contributed by atoms with Crippen LogP contribution < -0.4 is 10.6 Å². The summed E-state index contributed by atoms with van der Waals surface area (Å²) in [6, 6.07) is 3.88. The quantitative estimate of drug-likeness (QED) is 0.833. The fourth-order valence-electron chi connectivity index (χ4n) is 3.82. The largest absolute Gasteiger partial charge is 0.444 e. The molecule has 0 radical (unpaired) electrons. The topological polar surface area (TPSA) is 92.0 Å². The number of pyridine rings is 1. The van der Waals surface area contributed by atoms with Gasteiger partial charge in [-0.15, -0.1) is 0 Å². The molecule has 2 saturated heterocycles. The van der Waals surface area contributed by atoms with Gasteiger partial charge in [-0.25, -0.2) is 9.78 Å². The van der Waals surface area contributed by atoms with E-state index >= 15 is 0 Å². The summed E-state index contributed by atoms with van der Waals surface area (Å²) in [5, 5.41) is 0. The molecule has 2 fully saturated rings. The number of nitrogen functional groups attached to an aromatic ring is 1. The van der Waals surface area contributed by atoms with Crippen molar-refractivity contribution < 1.29 is 14.3 Å². The highest BCUT2D eigenvalue weighted by Crippen LogP contribution is 2.26. The van der Waals surface area contributed by atoms with E-state index in [2.05, 4.69) is 9.88 Å². The molecule has 0 unspecified atom stereocenters. The van der Waals surface area contributed by atoms with Gasteiger partial charge in [0.15, 0.2) is 5.82 Å². The number of hydrogen-bond donors (Lipinski definition) is 1. The first-order chi connectivity index (χ1) is 13.2. The van der Waals surface area contributed by atoms with Crippen LogP contribution in [0.1, 0.15) is 40.0 Å². The number of hydrogen-bond acceptors (Lipinski definition) is 6. The second-order valence-electron chi connectivity index (χ2n) is 8.48. The Kier molecular flexibility index (Phi) is 5.96. The third kappa shape index (κ3) is 4.85. The van der Waals surface area contributed by atoms with E-state index in [9.17, 15) is 9.59 Å². The lowest BCUT2D eigenvalue weighted by Gasteiger charge is -2.38. The van der Waals surface area contributed by atoms with Gasteiger partial charge in [-0.2, -0.15) is 0 Å². The second kappa shape index (κ2) is 8.24. The molecule has 3 rings (SSSR count). The molecule has 3 heterocycles. The average Bonchev–Trinajstić information content (AvgIpc) is 2.83. The number of aromatic nitrogens is 1. The summed E-state index contributed by atoms with van der Waals surface area (Å²) in [5.41, 5.74) is 6.16. The zero-order valence-corrected chi connectivity index (χ0v) is 17.1. The molecule has 2 N–H and O–H groups in total. The lowest BCUT2D eigenvalue weighted by molar-refractivity contribution is -0.133. The van der Waals surface area contributed by atoms with Crippen molar-refractivity contribution in [1.82, 2.24) is 14.8 Å². The Morgan fingerprint density at radius 2 is 1.93 bits per heavy atom. The first-order valence-corrected chi connectivity index (χ1v) is 9.97. The van der Waals surface area contributed by atoms with Gasteiger partial charge < -0.3 is 20.3 Å². The van der Waals surface area contributed by atoms with Gasteiger partial charge in [0.2, 0.25) is 5.91 Å². The summed E-state index contributed by atoms with van der Waals surface area (Å²) < 4.78 is 5.43. The van der Waals surface area contributed by atoms with Gasteiger partial charge in [-0.1, -0.05) is 0 Å². The Balaban J connectivity index is 1.57. The zero-order chi connectivity index (χ0) is 20.3. The highest BCUT2D eigenvalue weighted by molar-refractivity contribution is 5.83. The number of nitrogens with two attached hydrogens (primary N) is 1. The Hall–Kier alpha value is -2.51. The summed E-state index contributed by atoms with van der Waals surface area (Å²) in [6.07, 6.45) is 3.84. The summed E-state index contributed by atoms with van der Waals surface area (Å²) in [7, 11) is 0. The van der Waals surface area contributed by atoms with E-state index in [1.807, 2.05) is 37.8 Å². The molecule has 2 amide bonds. The maximum Gasteiger partial charge on any atom is 0.410 e. The molecule has 1 aromatic heterocycles. The maximum atomic E-state index is 12.8. The molecule has 2 aliphatic rings. The maximum absolute atomic E-state index is 12.8. The lowest BCUT2D eigenvalue weighted by atomic mass is 10.0. The van der Waals surface area contributed by atoms with Crippen LogP contribution in [0.2, 0.25) is 0 Å². The Bertz CT molecular complexity index is 710. The summed E-state index contributed by atoms with van der Waals surface area (Å²) >= 11 is 0. The van der Waals surface area contributed by atoms with Crippen molar-refractivity contribution in [2.75, 3.05) is 43.4 Å². The van der Waals surface area contributed by atoms with E-state index in [1.165, 1.54) is 4.90 Å². The minimum absolute atomic E-state index is 0.000779. The molecule has 0 aliphatic carbocycles. The number of anilines is 2. The van der Waals surface area contributed by atoms with Crippen LogP contribution in [0.25, 0.3) is 0 Å². The Labute approximate surface area is 166 Å². The van der Waals surface area contributed by atoms with Gasteiger partial charge in [0.1, 0.15) is 12.1 Å². The van der Waals surface area contributed by atoms with Crippen molar-refractivity contribution in [3.63, 3.8) is 0 Å². The van der Waals surface area contributed by atoms with Gasteiger partial charge in [0.25, 0.3) is 0 Å². The van der Waals surface area contributed by atoms with E-state index in [-0.39, 0.29) is 18.5 Å². The summed E-state index contributed by atoms with van der Waals surface area (Å²) in [4.78, 5) is 35.2. The third-order valence-corrected chi connectivity index (χ3v) is 5.15. The number of nitrogens with zero attached hydrogens (tertiary/aromatic N) is 4. The summed E-state index contributed by atoms with van der Waals surface area (Å²) in [5.74, 6) is 0.818. The molecule has 0 bridgehead atoms. The lowest BCUT2D eigenvalue weighted by Crippen LogP contribution is -2.49. The number of piperidine rings is 1. The monoisotopic (exact) mass is 389 g/mol. The van der Waals surface area contributed by atoms with Crippen molar-refractivity contribution >= 4 is 23.5 Å². The van der Waals surface area contributed by atoms with Crippen molar-refractivity contribution in [3.8, 4) is 0 Å². The van der Waals surface area contributed by atoms with Gasteiger partial charge in [0.05, 0.1) is 5.69 Å². The minimum Gasteiger partial charge on any atom is -0.444 e. The third-order valence-electron chi connectivity index (χ3n) is 5.15. The fourth-order valence-corrected chi connectivity index (χ4v) is 3.82. The Morgan fingerprint density at radius 1 is 1.21 bits per heavy atom. The minimum atomic E-state index is -0.563. The van der Waals surface area contributed by atoms with Crippen LogP contribution in [0.5, 0.6) is 0 Å². The second-order valence-corrected chi connectivity index (χ2v) is 8.48. The molecular weight excluding hydrogens is 358 g/mol. The van der Waals surface area contributed by atoms with Crippen LogP contribution in [0.15, 0.2) is 18.3 Å². The highest BCUT2D eigenvalue weighted by Gasteiger charge is 2.33. The van der Waals surface area contributed by atoms with Crippen molar-refractivity contribution in [3.05, 3.63) is 18.3 Å². The van der Waals surface area contributed by atoms with E-state index < -0.39 is 11.7 Å². The van der Waals surface area contributed by atoms with Crippen molar-refractivity contribution in [1.29, 1.82) is 0 Å². The molecule has 28 heavy (non-hydrogen) atoms. The number of carbonyl (C=O) groups is 2. The molecule has 8 heteroatoms. The van der Waals surface area contributed by atoms with Crippen LogP contribution in [-0.4, -0.2) is 71.2 Å². The van der Waals surface area contributed by atoms with E-state index in [1.54, 1.807) is 6.20 Å². The predicted molar refractivity (Wildman–Crippen MR) is 108 cm³/mol. The van der Waals surface area contributed by atoms with E-state index in [4.69, 9.17) is 10.5 Å². The average molecular weight is 390 g/mol. The first-order valence-electron chi connectivity index (χ1n) is 9.97. The molecule has 2 aliphatic heterocycles. The van der Waals surface area contributed by atoms with Crippen LogP contribution in [0.4, 0.5) is 16.3 Å². The molecule has 0 saturated carbocycles. The first kappa shape index (κ1) is 20.2. The highest BCUT2D eigenvalue weighted by atomic mass is 16.6. The molecule has 0 atom stereocenters. The van der Waals surface area contributed by atoms with Crippen LogP contribution >= 0.6 is 0 Å². The van der Waals surface area contributed by atoms with Crippen molar-refractivity contribution in [2.45, 2.75) is 51.7 Å². The van der Waals surface area contributed by atoms with Gasteiger partial charge in [0, 0.05) is 38.4 Å². The van der Waals surface area contributed by atoms with E-state index in [0.717, 1.165) is 38.2 Å². The smallest absolute Gasteiger partial charge is 0.410 e. The number of rotatable bonds is 2. The van der Waals surface area contributed by atoms with Gasteiger partial charge in [-0.3, -0.25) is 9.69 Å². The molecule has 8 nitrogen and oxygen atoms in total. The standard InChI is InChI=1S/C20H31N5O3/c1-20(2,3)28-19(27)24-10-5-11-25(17(26)14-24)15-7-12-23(13-8-15)18-16(21)6-4-9-22-18/h4,6,9,15H,5,7-8,10-14,21H2,1-3H3. The van der Waals surface area contributed by atoms with Crippen LogP contribution in [0, 0.1) is 0 Å². The van der Waals surface area contributed by atoms with Crippen molar-refractivity contribution in [2.24, 2.45) is 0 Å². The Morgan fingerprint density at radius 3 is 2.57 bits per heavy atom. The molecular formula is C20H31N5O3. The fraction of sp³-hybridized carbons (Fsp3) is 0.650. The number of carbonyl (C=O) groups excluding carboxylic acids is 2. The van der Waals surface area contributed by atoms with Crippen LogP contribution in [0.3, 0.4) is 0 Å². The van der Waals surface area contributed by atoms with E-state index in [0.29, 0.717) is 18.8 Å². The number of ether oxygens (including phenoxy) is 1. The zero-order valence-electron chi connectivity index (χ0n) is 17.1. The number of amides is 2. The molecule has 0 spiro atoms.